The number of methoxy groups -OCH3 is 2. The first-order valence-electron chi connectivity index (χ1n) is 15.3. The standard InChI is InChI=1S/C33H43ClN3O10.Y/c1-18-10-9-11-25(44-8)33(42)16-24(45-31(41)35-33)19(2)29-32(4,47-29)26(46-30(40)20(3)36(5)17-38)15-27(39)37(6)22-13-21(12-18)14-23(43-7)28(22)34;/h9-11,13-14,19-20,24-26,29,42H,12,15-16H2,1-8H3,(H,35,41);/q-1;/b11-9+,18-10+;/t19?,20-,24?,25?,26?,29?,32?,33?;/m0./s1. The molecule has 261 valence electrons. The second kappa shape index (κ2) is 16.0. The third-order valence-electron chi connectivity index (χ3n) is 9.28. The molecule has 4 bridgehead atoms. The largest absolute Gasteiger partial charge is 0.520 e. The van der Waals surface area contributed by atoms with Crippen molar-refractivity contribution in [2.75, 3.05) is 33.2 Å². The first-order chi connectivity index (χ1) is 22.1. The van der Waals surface area contributed by atoms with E-state index in [9.17, 15) is 24.3 Å². The van der Waals surface area contributed by atoms with Gasteiger partial charge in [0.25, 0.3) is 0 Å². The van der Waals surface area contributed by atoms with Gasteiger partial charge in [0.05, 0.1) is 31.4 Å². The average molecular weight is 766 g/mol. The Morgan fingerprint density at radius 1 is 1.29 bits per heavy atom. The SMILES string of the molecule is COc1cc2cc(c1Cl)N(C)C(=O)CC(OC(=O)[C@H](C)N(C)[C-]=O)C1(C)OC1C(C)C1CC(O)(NC(=O)O1)C(OC)/C=C/C=C(\C)C2.[Y]. The molecule has 8 atom stereocenters. The normalized spacial score (nSPS) is 32.9. The molecule has 0 spiro atoms. The van der Waals surface area contributed by atoms with Crippen molar-refractivity contribution in [2.24, 2.45) is 5.92 Å². The van der Waals surface area contributed by atoms with Crippen molar-refractivity contribution in [3.63, 3.8) is 0 Å². The van der Waals surface area contributed by atoms with E-state index in [1.165, 1.54) is 33.1 Å². The summed E-state index contributed by atoms with van der Waals surface area (Å²) in [6.45, 7) is 6.88. The number of likely N-dealkylation sites (N-methyl/N-ethyl adjacent to an activating group) is 1. The predicted molar refractivity (Wildman–Crippen MR) is 172 cm³/mol. The quantitative estimate of drug-likeness (QED) is 0.191. The summed E-state index contributed by atoms with van der Waals surface area (Å²) in [5, 5.41) is 14.3. The van der Waals surface area contributed by atoms with Crippen LogP contribution in [0, 0.1) is 5.92 Å². The molecule has 0 saturated carbocycles. The topological polar surface area (TPSA) is 156 Å². The molecule has 2 N–H and O–H groups in total. The second-order valence-corrected chi connectivity index (χ2v) is 13.0. The Kier molecular flexibility index (Phi) is 13.3. The minimum absolute atomic E-state index is 0. The molecule has 2 saturated heterocycles. The van der Waals surface area contributed by atoms with Crippen molar-refractivity contribution in [3.05, 3.63) is 46.5 Å². The molecule has 7 unspecified atom stereocenters. The number of rotatable bonds is 6. The Balaban J connectivity index is 0.00000625. The van der Waals surface area contributed by atoms with Gasteiger partial charge in [-0.25, -0.2) is 9.59 Å². The molecule has 3 amide bonds. The number of halogens is 1. The van der Waals surface area contributed by atoms with E-state index in [1.807, 2.05) is 13.0 Å². The van der Waals surface area contributed by atoms with Gasteiger partial charge in [-0.15, -0.1) is 0 Å². The van der Waals surface area contributed by atoms with Crippen molar-refractivity contribution >= 4 is 41.7 Å². The first-order valence-corrected chi connectivity index (χ1v) is 15.7. The summed E-state index contributed by atoms with van der Waals surface area (Å²) in [7, 11) is 5.86. The number of amides is 3. The van der Waals surface area contributed by atoms with E-state index in [0.29, 0.717) is 17.9 Å². The zero-order chi connectivity index (χ0) is 34.8. The molecule has 13 nitrogen and oxygen atoms in total. The maximum Gasteiger partial charge on any atom is 0.409 e. The number of aliphatic hydroxyl groups is 1. The van der Waals surface area contributed by atoms with Crippen LogP contribution in [0.4, 0.5) is 10.5 Å². The summed E-state index contributed by atoms with van der Waals surface area (Å²) < 4.78 is 28.8. The molecule has 1 aromatic rings. The fourth-order valence-electron chi connectivity index (χ4n) is 6.08. The van der Waals surface area contributed by atoms with E-state index < -0.39 is 65.7 Å². The van der Waals surface area contributed by atoms with E-state index in [1.54, 1.807) is 51.6 Å². The van der Waals surface area contributed by atoms with Crippen LogP contribution >= 0.6 is 11.6 Å². The van der Waals surface area contributed by atoms with Crippen LogP contribution < -0.4 is 15.0 Å². The Morgan fingerprint density at radius 3 is 2.60 bits per heavy atom. The minimum Gasteiger partial charge on any atom is -0.520 e. The van der Waals surface area contributed by atoms with Crippen LogP contribution in [0.15, 0.2) is 35.9 Å². The molecule has 1 radical (unpaired) electrons. The predicted octanol–water partition coefficient (Wildman–Crippen LogP) is 3.05. The fraction of sp³-hybridized carbons (Fsp3) is 0.576. The number of anilines is 1. The maximum absolute atomic E-state index is 13.9. The van der Waals surface area contributed by atoms with Crippen LogP contribution in [-0.4, -0.2) is 104 Å². The Bertz CT molecular complexity index is 1460. The Morgan fingerprint density at radius 2 is 1.98 bits per heavy atom. The van der Waals surface area contributed by atoms with Gasteiger partial charge in [-0.1, -0.05) is 42.3 Å². The van der Waals surface area contributed by atoms with Gasteiger partial charge >= 0.3 is 12.1 Å². The smallest absolute Gasteiger partial charge is 0.409 e. The van der Waals surface area contributed by atoms with Gasteiger partial charge in [0, 0.05) is 59.2 Å². The van der Waals surface area contributed by atoms with Gasteiger partial charge in [0.1, 0.15) is 34.7 Å². The number of esters is 1. The molecule has 15 heteroatoms. The number of hydrogen-bond acceptors (Lipinski definition) is 10. The van der Waals surface area contributed by atoms with Gasteiger partial charge in [0.15, 0.2) is 5.72 Å². The molecule has 0 aromatic heterocycles. The third kappa shape index (κ3) is 8.42. The van der Waals surface area contributed by atoms with Crippen molar-refractivity contribution in [1.82, 2.24) is 10.2 Å². The van der Waals surface area contributed by atoms with Crippen LogP contribution in [0.2, 0.25) is 5.02 Å². The summed E-state index contributed by atoms with van der Waals surface area (Å²) in [4.78, 5) is 53.5. The number of fused-ring (bicyclic) bond motifs is 5. The van der Waals surface area contributed by atoms with Gasteiger partial charge in [-0.2, -0.15) is 6.41 Å². The summed E-state index contributed by atoms with van der Waals surface area (Å²) in [5.74, 6) is -1.35. The number of alkyl carbamates (subject to hydrolysis) is 1. The molecule has 3 aliphatic rings. The van der Waals surface area contributed by atoms with E-state index in [0.717, 1.165) is 16.0 Å². The van der Waals surface area contributed by atoms with Crippen molar-refractivity contribution in [1.29, 1.82) is 0 Å². The van der Waals surface area contributed by atoms with E-state index in [4.69, 9.17) is 35.3 Å². The van der Waals surface area contributed by atoms with Crippen LogP contribution in [0.3, 0.4) is 0 Å². The summed E-state index contributed by atoms with van der Waals surface area (Å²) >= 11 is 6.69. The van der Waals surface area contributed by atoms with Gasteiger partial charge in [-0.05, 0) is 51.9 Å². The number of nitrogens with one attached hydrogen (secondary N) is 1. The van der Waals surface area contributed by atoms with Crippen molar-refractivity contribution in [2.45, 2.75) is 88.7 Å². The molecule has 0 aliphatic carbocycles. The monoisotopic (exact) mass is 765 g/mol. The number of epoxide rings is 1. The van der Waals surface area contributed by atoms with Crippen LogP contribution in [-0.2, 0) is 72.5 Å². The third-order valence-corrected chi connectivity index (χ3v) is 9.65. The van der Waals surface area contributed by atoms with Crippen molar-refractivity contribution < 1.29 is 80.7 Å². The molecule has 48 heavy (non-hydrogen) atoms. The van der Waals surface area contributed by atoms with Gasteiger partial charge in [0.2, 0.25) is 5.91 Å². The van der Waals surface area contributed by atoms with Crippen LogP contribution in [0.25, 0.3) is 0 Å². The number of carbonyl (C=O) groups is 3. The van der Waals surface area contributed by atoms with Crippen LogP contribution in [0.1, 0.15) is 46.1 Å². The maximum atomic E-state index is 13.9. The fourth-order valence-corrected chi connectivity index (χ4v) is 6.39. The molecule has 3 heterocycles. The van der Waals surface area contributed by atoms with E-state index >= 15 is 0 Å². The zero-order valence-corrected chi connectivity index (χ0v) is 32.0. The molecular weight excluding hydrogens is 723 g/mol. The van der Waals surface area contributed by atoms with E-state index in [2.05, 4.69) is 5.32 Å². The number of hydrogen-bond donors (Lipinski definition) is 2. The molecule has 1 aromatic carbocycles. The number of allylic oxidation sites excluding steroid dienone is 3. The zero-order valence-electron chi connectivity index (χ0n) is 28.4. The van der Waals surface area contributed by atoms with Gasteiger partial charge < -0.3 is 43.4 Å². The van der Waals surface area contributed by atoms with Gasteiger partial charge in [-0.3, -0.25) is 10.1 Å². The summed E-state index contributed by atoms with van der Waals surface area (Å²) in [6, 6.07) is 2.57. The molecular formula is C33H43ClN3O10Y-. The number of ether oxygens (including phenoxy) is 5. The first kappa shape index (κ1) is 39.9. The number of nitrogens with zero attached hydrogens (tertiary/aromatic N) is 2. The second-order valence-electron chi connectivity index (χ2n) is 12.6. The molecule has 4 rings (SSSR count). The number of benzene rings is 1. The molecule has 2 fully saturated rings. The molecule has 3 aliphatic heterocycles. The minimum atomic E-state index is -1.82. The summed E-state index contributed by atoms with van der Waals surface area (Å²) in [6.07, 6.45) is 2.62. The van der Waals surface area contributed by atoms with Crippen LogP contribution in [0.5, 0.6) is 5.75 Å². The Hall–Kier alpha value is -2.55. The van der Waals surface area contributed by atoms with Crippen molar-refractivity contribution in [3.8, 4) is 5.75 Å². The average Bonchev–Trinajstić information content (AvgIpc) is 3.73. The summed E-state index contributed by atoms with van der Waals surface area (Å²) in [5.41, 5.74) is -0.890. The number of carbonyl (C=O) groups excluding carboxylic acids is 4. The Labute approximate surface area is 311 Å². The van der Waals surface area contributed by atoms with E-state index in [-0.39, 0.29) is 50.6 Å².